The summed E-state index contributed by atoms with van der Waals surface area (Å²) in [6, 6.07) is 15.2. The molecule has 118 valence electrons. The number of nitriles is 1. The van der Waals surface area contributed by atoms with Gasteiger partial charge in [-0.15, -0.1) is 0 Å². The van der Waals surface area contributed by atoms with Crippen molar-refractivity contribution in [3.05, 3.63) is 64.7 Å². The van der Waals surface area contributed by atoms with Crippen LogP contribution in [0.25, 0.3) is 0 Å². The zero-order valence-corrected chi connectivity index (χ0v) is 13.7. The van der Waals surface area contributed by atoms with Crippen molar-refractivity contribution >= 4 is 5.91 Å². The number of hydrogen-bond acceptors (Lipinski definition) is 3. The second-order valence-corrected chi connectivity index (χ2v) is 5.57. The van der Waals surface area contributed by atoms with Crippen LogP contribution >= 0.6 is 0 Å². The van der Waals surface area contributed by atoms with Gasteiger partial charge in [0.15, 0.2) is 6.61 Å². The number of para-hydroxylation sites is 1. The lowest BCUT2D eigenvalue weighted by Crippen LogP contribution is -2.31. The highest BCUT2D eigenvalue weighted by molar-refractivity contribution is 5.77. The molecular weight excluding hydrogens is 288 g/mol. The summed E-state index contributed by atoms with van der Waals surface area (Å²) in [5.41, 5.74) is 3.63. The lowest BCUT2D eigenvalue weighted by molar-refractivity contribution is -0.132. The van der Waals surface area contributed by atoms with Crippen LogP contribution in [0.4, 0.5) is 0 Å². The first-order valence-corrected chi connectivity index (χ1v) is 7.43. The summed E-state index contributed by atoms with van der Waals surface area (Å²) in [6.45, 7) is 4.43. The molecule has 0 radical (unpaired) electrons. The van der Waals surface area contributed by atoms with Crippen LogP contribution in [0, 0.1) is 25.2 Å². The number of hydrogen-bond donors (Lipinski definition) is 0. The van der Waals surface area contributed by atoms with Crippen LogP contribution in [-0.2, 0) is 11.3 Å². The highest BCUT2D eigenvalue weighted by Crippen LogP contribution is 2.22. The molecule has 2 rings (SSSR count). The van der Waals surface area contributed by atoms with Crippen molar-refractivity contribution in [2.24, 2.45) is 0 Å². The second kappa shape index (κ2) is 7.46. The van der Waals surface area contributed by atoms with Gasteiger partial charge in [0.1, 0.15) is 5.75 Å². The first-order valence-electron chi connectivity index (χ1n) is 7.43. The highest BCUT2D eigenvalue weighted by atomic mass is 16.5. The molecule has 4 nitrogen and oxygen atoms in total. The molecule has 23 heavy (non-hydrogen) atoms. The minimum Gasteiger partial charge on any atom is -0.483 e. The number of nitrogens with zero attached hydrogens (tertiary/aromatic N) is 2. The Morgan fingerprint density at radius 1 is 1.13 bits per heavy atom. The summed E-state index contributed by atoms with van der Waals surface area (Å²) < 4.78 is 5.69. The Morgan fingerprint density at radius 3 is 2.30 bits per heavy atom. The maximum absolute atomic E-state index is 12.2. The molecule has 0 heterocycles. The van der Waals surface area contributed by atoms with Crippen molar-refractivity contribution < 1.29 is 9.53 Å². The van der Waals surface area contributed by atoms with E-state index in [0.29, 0.717) is 12.1 Å². The van der Waals surface area contributed by atoms with Gasteiger partial charge in [-0.3, -0.25) is 4.79 Å². The third-order valence-corrected chi connectivity index (χ3v) is 3.68. The molecule has 1 amide bonds. The molecule has 0 atom stereocenters. The van der Waals surface area contributed by atoms with Crippen molar-refractivity contribution in [3.63, 3.8) is 0 Å². The Hall–Kier alpha value is -2.80. The Balaban J connectivity index is 1.93. The van der Waals surface area contributed by atoms with Gasteiger partial charge in [-0.25, -0.2) is 0 Å². The fourth-order valence-corrected chi connectivity index (χ4v) is 2.32. The van der Waals surface area contributed by atoms with Gasteiger partial charge in [0.2, 0.25) is 0 Å². The lowest BCUT2D eigenvalue weighted by Gasteiger charge is -2.18. The molecule has 0 bridgehead atoms. The maximum Gasteiger partial charge on any atom is 0.260 e. The molecule has 0 aliphatic heterocycles. The lowest BCUT2D eigenvalue weighted by atomic mass is 10.1. The van der Waals surface area contributed by atoms with E-state index in [1.54, 1.807) is 24.1 Å². The summed E-state index contributed by atoms with van der Waals surface area (Å²) in [5, 5.41) is 8.79. The van der Waals surface area contributed by atoms with E-state index >= 15 is 0 Å². The minimum atomic E-state index is -0.0861. The molecule has 2 aromatic rings. The van der Waals surface area contributed by atoms with Gasteiger partial charge < -0.3 is 9.64 Å². The molecule has 0 spiro atoms. The third-order valence-electron chi connectivity index (χ3n) is 3.68. The minimum absolute atomic E-state index is 0.0124. The largest absolute Gasteiger partial charge is 0.483 e. The van der Waals surface area contributed by atoms with Crippen molar-refractivity contribution in [1.82, 2.24) is 4.90 Å². The van der Waals surface area contributed by atoms with E-state index in [4.69, 9.17) is 10.00 Å². The normalized spacial score (nSPS) is 10.0. The van der Waals surface area contributed by atoms with Gasteiger partial charge in [0.05, 0.1) is 11.6 Å². The standard InChI is InChI=1S/C19H20N2O2/c1-14-5-4-6-15(2)19(14)23-13-18(22)21(3)12-17-9-7-16(11-20)8-10-17/h4-10H,12-13H2,1-3H3. The van der Waals surface area contributed by atoms with Gasteiger partial charge in [-0.2, -0.15) is 5.26 Å². The monoisotopic (exact) mass is 308 g/mol. The van der Waals surface area contributed by atoms with E-state index in [2.05, 4.69) is 6.07 Å². The average molecular weight is 308 g/mol. The number of ether oxygens (including phenoxy) is 1. The molecule has 0 aliphatic carbocycles. The maximum atomic E-state index is 12.2. The molecule has 0 aliphatic rings. The number of likely N-dealkylation sites (N-methyl/N-ethyl adjacent to an activating group) is 1. The summed E-state index contributed by atoms with van der Waals surface area (Å²) in [5.74, 6) is 0.685. The van der Waals surface area contributed by atoms with Crippen LogP contribution in [0.5, 0.6) is 5.75 Å². The van der Waals surface area contributed by atoms with E-state index in [1.165, 1.54) is 0 Å². The molecular formula is C19H20N2O2. The van der Waals surface area contributed by atoms with Crippen molar-refractivity contribution in [2.75, 3.05) is 13.7 Å². The van der Waals surface area contributed by atoms with Gasteiger partial charge in [0.25, 0.3) is 5.91 Å². The number of aryl methyl sites for hydroxylation is 2. The van der Waals surface area contributed by atoms with E-state index in [1.807, 2.05) is 44.2 Å². The number of carbonyl (C=O) groups excluding carboxylic acids is 1. The smallest absolute Gasteiger partial charge is 0.260 e. The molecule has 0 N–H and O–H groups in total. The van der Waals surface area contributed by atoms with Gasteiger partial charge >= 0.3 is 0 Å². The molecule has 0 saturated heterocycles. The zero-order valence-electron chi connectivity index (χ0n) is 13.7. The Kier molecular flexibility index (Phi) is 5.37. The average Bonchev–Trinajstić information content (AvgIpc) is 2.54. The van der Waals surface area contributed by atoms with Crippen LogP contribution in [0.15, 0.2) is 42.5 Å². The molecule has 2 aromatic carbocycles. The predicted octanol–water partition coefficient (Wildman–Crippen LogP) is 3.21. The van der Waals surface area contributed by atoms with Crippen molar-refractivity contribution in [1.29, 1.82) is 5.26 Å². The summed E-state index contributed by atoms with van der Waals surface area (Å²) in [4.78, 5) is 13.8. The highest BCUT2D eigenvalue weighted by Gasteiger charge is 2.12. The van der Waals surface area contributed by atoms with Crippen molar-refractivity contribution in [3.8, 4) is 11.8 Å². The molecule has 0 unspecified atom stereocenters. The Morgan fingerprint density at radius 2 is 1.74 bits per heavy atom. The summed E-state index contributed by atoms with van der Waals surface area (Å²) in [7, 11) is 1.74. The third kappa shape index (κ3) is 4.33. The number of rotatable bonds is 5. The molecule has 0 aromatic heterocycles. The molecule has 0 fully saturated rings. The number of amides is 1. The Bertz CT molecular complexity index is 710. The van der Waals surface area contributed by atoms with Crippen molar-refractivity contribution in [2.45, 2.75) is 20.4 Å². The van der Waals surface area contributed by atoms with Crippen LogP contribution in [-0.4, -0.2) is 24.5 Å². The quantitative estimate of drug-likeness (QED) is 0.852. The molecule has 4 heteroatoms. The first kappa shape index (κ1) is 16.6. The number of carbonyl (C=O) groups is 1. The molecule has 0 saturated carbocycles. The van der Waals surface area contributed by atoms with Gasteiger partial charge in [0, 0.05) is 13.6 Å². The fraction of sp³-hybridized carbons (Fsp3) is 0.263. The van der Waals surface area contributed by atoms with Crippen LogP contribution in [0.2, 0.25) is 0 Å². The number of benzene rings is 2. The van der Waals surface area contributed by atoms with Crippen LogP contribution in [0.3, 0.4) is 0 Å². The van der Waals surface area contributed by atoms with Crippen LogP contribution < -0.4 is 4.74 Å². The zero-order chi connectivity index (χ0) is 16.8. The summed E-state index contributed by atoms with van der Waals surface area (Å²) in [6.07, 6.45) is 0. The fourth-order valence-electron chi connectivity index (χ4n) is 2.32. The van der Waals surface area contributed by atoms with E-state index < -0.39 is 0 Å². The van der Waals surface area contributed by atoms with Crippen LogP contribution in [0.1, 0.15) is 22.3 Å². The summed E-state index contributed by atoms with van der Waals surface area (Å²) >= 11 is 0. The van der Waals surface area contributed by atoms with Gasteiger partial charge in [-0.05, 0) is 42.7 Å². The van der Waals surface area contributed by atoms with E-state index in [-0.39, 0.29) is 12.5 Å². The predicted molar refractivity (Wildman–Crippen MR) is 89.0 cm³/mol. The SMILES string of the molecule is Cc1cccc(C)c1OCC(=O)N(C)Cc1ccc(C#N)cc1. The Labute approximate surface area is 136 Å². The second-order valence-electron chi connectivity index (χ2n) is 5.57. The van der Waals surface area contributed by atoms with Gasteiger partial charge in [-0.1, -0.05) is 30.3 Å². The first-order chi connectivity index (χ1) is 11.0. The van der Waals surface area contributed by atoms with E-state index in [9.17, 15) is 4.79 Å². The van der Waals surface area contributed by atoms with E-state index in [0.717, 1.165) is 22.4 Å². The topological polar surface area (TPSA) is 53.3 Å².